The summed E-state index contributed by atoms with van der Waals surface area (Å²) in [5.74, 6) is 0. The van der Waals surface area contributed by atoms with Crippen molar-refractivity contribution in [3.05, 3.63) is 139 Å². The Morgan fingerprint density at radius 1 is 0.419 bits per heavy atom. The van der Waals surface area contributed by atoms with Crippen LogP contribution in [-0.4, -0.2) is 0 Å². The first-order valence-electron chi connectivity index (χ1n) is 10.4. The topological polar surface area (TPSA) is 0 Å². The monoisotopic (exact) mass is 439 g/mol. The molecule has 0 saturated carbocycles. The first kappa shape index (κ1) is 21.3. The van der Waals surface area contributed by atoms with Gasteiger partial charge in [0.1, 0.15) is 23.2 Å². The Bertz CT molecular complexity index is 1150. The van der Waals surface area contributed by atoms with Crippen LogP contribution in [0.1, 0.15) is 5.56 Å². The van der Waals surface area contributed by atoms with Crippen molar-refractivity contribution in [3.8, 4) is 0 Å². The predicted molar refractivity (Wildman–Crippen MR) is 140 cm³/mol. The summed E-state index contributed by atoms with van der Waals surface area (Å²) in [6.45, 7) is 0. The Labute approximate surface area is 191 Å². The summed E-state index contributed by atoms with van der Waals surface area (Å²) in [5, 5.41) is 6.94. The number of benzene rings is 5. The fourth-order valence-corrected chi connectivity index (χ4v) is 8.73. The average molecular weight is 440 g/mol. The zero-order chi connectivity index (χ0) is 20.2. The molecule has 0 heterocycles. The third kappa shape index (κ3) is 4.02. The van der Waals surface area contributed by atoms with Gasteiger partial charge in [0, 0.05) is 0 Å². The molecule has 0 aliphatic carbocycles. The molecule has 152 valence electrons. The lowest BCUT2D eigenvalue weighted by Crippen LogP contribution is -2.32. The maximum Gasteiger partial charge on any atom is 0.116 e. The predicted octanol–water partition coefficient (Wildman–Crippen LogP) is 6.76. The van der Waals surface area contributed by atoms with Gasteiger partial charge in [-0.25, -0.2) is 0 Å². The molecule has 0 bridgehead atoms. The zero-order valence-corrected chi connectivity index (χ0v) is 19.0. The fraction of sp³-hybridized carbons (Fsp3) is 0.0345. The molecule has 0 fully saturated rings. The van der Waals surface area contributed by atoms with Crippen molar-refractivity contribution in [2.24, 2.45) is 0 Å². The van der Waals surface area contributed by atoms with Gasteiger partial charge in [0.25, 0.3) is 0 Å². The highest BCUT2D eigenvalue weighted by Gasteiger charge is 2.45. The van der Waals surface area contributed by atoms with E-state index in [1.54, 1.807) is 0 Å². The molecule has 0 amide bonds. The lowest BCUT2D eigenvalue weighted by molar-refractivity contribution is 1.43. The number of rotatable bonds is 5. The third-order valence-corrected chi connectivity index (χ3v) is 10.2. The van der Waals surface area contributed by atoms with Gasteiger partial charge in [-0.05, 0) is 52.7 Å². The Balaban J connectivity index is 0.00000231. The number of halogens is 1. The van der Waals surface area contributed by atoms with E-state index < -0.39 is 7.26 Å². The maximum absolute atomic E-state index is 2.32. The molecule has 0 atom stereocenters. The Morgan fingerprint density at radius 2 is 0.839 bits per heavy atom. The molecule has 2 heteroatoms. The van der Waals surface area contributed by atoms with Crippen molar-refractivity contribution in [1.82, 2.24) is 0 Å². The van der Waals surface area contributed by atoms with E-state index in [4.69, 9.17) is 0 Å². The van der Waals surface area contributed by atoms with Crippen molar-refractivity contribution in [1.29, 1.82) is 0 Å². The van der Waals surface area contributed by atoms with Crippen LogP contribution in [-0.2, 0) is 6.16 Å². The first-order chi connectivity index (χ1) is 14.9. The molecule has 5 aromatic carbocycles. The molecular formula is C29H25ClP+. The van der Waals surface area contributed by atoms with E-state index in [0.29, 0.717) is 0 Å². The van der Waals surface area contributed by atoms with Gasteiger partial charge in [0.2, 0.25) is 0 Å². The summed E-state index contributed by atoms with van der Waals surface area (Å²) in [4.78, 5) is 0. The summed E-state index contributed by atoms with van der Waals surface area (Å²) in [6.07, 6.45) is 1.01. The Morgan fingerprint density at radius 3 is 1.35 bits per heavy atom. The molecule has 0 aromatic heterocycles. The van der Waals surface area contributed by atoms with Crippen LogP contribution in [0.3, 0.4) is 0 Å². The van der Waals surface area contributed by atoms with Gasteiger partial charge in [-0.15, -0.1) is 12.4 Å². The first-order valence-corrected chi connectivity index (χ1v) is 12.4. The fourth-order valence-electron chi connectivity index (χ4n) is 4.45. The average Bonchev–Trinajstić information content (AvgIpc) is 2.84. The van der Waals surface area contributed by atoms with Crippen molar-refractivity contribution in [2.75, 3.05) is 0 Å². The second-order valence-corrected chi connectivity index (χ2v) is 11.1. The molecule has 0 aliphatic heterocycles. The Hall–Kier alpha value is -2.92. The second kappa shape index (κ2) is 9.48. The van der Waals surface area contributed by atoms with E-state index >= 15 is 0 Å². The van der Waals surface area contributed by atoms with Crippen LogP contribution in [0.2, 0.25) is 0 Å². The van der Waals surface area contributed by atoms with Gasteiger partial charge in [-0.1, -0.05) is 97.1 Å². The Kier molecular flexibility index (Phi) is 6.52. The summed E-state index contributed by atoms with van der Waals surface area (Å²) in [7, 11) is -1.88. The zero-order valence-electron chi connectivity index (χ0n) is 17.3. The molecule has 0 aliphatic rings. The van der Waals surface area contributed by atoms with Crippen molar-refractivity contribution >= 4 is 46.4 Å². The standard InChI is InChI=1S/C29H24P.ClH/c1-4-16-26(17-5-1)30(27-18-6-2-7-19-27,28-20-8-3-9-21-28)23-25-15-12-14-24-13-10-11-22-29(24)25;/h1-22H,23H2;1H/q+1;. The quantitative estimate of drug-likeness (QED) is 0.265. The summed E-state index contributed by atoms with van der Waals surface area (Å²) < 4.78 is 0. The van der Waals surface area contributed by atoms with Crippen LogP contribution in [0.25, 0.3) is 10.8 Å². The molecule has 0 unspecified atom stereocenters. The summed E-state index contributed by atoms with van der Waals surface area (Å²) in [6, 6.07) is 48.8. The molecule has 0 spiro atoms. The second-order valence-electron chi connectivity index (χ2n) is 7.61. The van der Waals surface area contributed by atoms with Gasteiger partial charge < -0.3 is 0 Å². The number of hydrogen-bond acceptors (Lipinski definition) is 0. The third-order valence-electron chi connectivity index (χ3n) is 5.88. The normalized spacial score (nSPS) is 11.1. The molecule has 5 rings (SSSR count). The minimum Gasteiger partial charge on any atom is -0.147 e. The van der Waals surface area contributed by atoms with E-state index in [-0.39, 0.29) is 12.4 Å². The molecule has 0 N–H and O–H groups in total. The molecule has 0 radical (unpaired) electrons. The molecule has 5 aromatic rings. The van der Waals surface area contributed by atoms with Crippen LogP contribution in [0.4, 0.5) is 0 Å². The molecule has 0 saturated heterocycles. The van der Waals surface area contributed by atoms with Gasteiger partial charge in [0.15, 0.2) is 0 Å². The van der Waals surface area contributed by atoms with E-state index in [9.17, 15) is 0 Å². The van der Waals surface area contributed by atoms with E-state index in [2.05, 4.69) is 133 Å². The van der Waals surface area contributed by atoms with E-state index in [1.807, 2.05) is 0 Å². The van der Waals surface area contributed by atoms with E-state index in [0.717, 1.165) is 6.16 Å². The summed E-state index contributed by atoms with van der Waals surface area (Å²) in [5.41, 5.74) is 1.41. The summed E-state index contributed by atoms with van der Waals surface area (Å²) >= 11 is 0. The molecule has 31 heavy (non-hydrogen) atoms. The highest BCUT2D eigenvalue weighted by Crippen LogP contribution is 2.58. The highest BCUT2D eigenvalue weighted by atomic mass is 35.5. The van der Waals surface area contributed by atoms with Crippen molar-refractivity contribution in [3.63, 3.8) is 0 Å². The van der Waals surface area contributed by atoms with Crippen LogP contribution in [0.15, 0.2) is 133 Å². The van der Waals surface area contributed by atoms with Crippen LogP contribution < -0.4 is 15.9 Å². The maximum atomic E-state index is 2.32. The minimum atomic E-state index is -1.88. The largest absolute Gasteiger partial charge is 0.147 e. The van der Waals surface area contributed by atoms with Gasteiger partial charge in [-0.3, -0.25) is 0 Å². The SMILES string of the molecule is Cl.c1ccc([P+](Cc2cccc3ccccc23)(c2ccccc2)c2ccccc2)cc1. The van der Waals surface area contributed by atoms with Crippen LogP contribution in [0, 0.1) is 0 Å². The molecule has 0 nitrogen and oxygen atoms in total. The van der Waals surface area contributed by atoms with Crippen LogP contribution >= 0.6 is 19.7 Å². The smallest absolute Gasteiger partial charge is 0.116 e. The van der Waals surface area contributed by atoms with Crippen molar-refractivity contribution in [2.45, 2.75) is 6.16 Å². The minimum absolute atomic E-state index is 0. The van der Waals surface area contributed by atoms with Gasteiger partial charge in [-0.2, -0.15) is 0 Å². The lowest BCUT2D eigenvalue weighted by atomic mass is 10.1. The molecular weight excluding hydrogens is 415 g/mol. The van der Waals surface area contributed by atoms with Crippen LogP contribution in [0.5, 0.6) is 0 Å². The van der Waals surface area contributed by atoms with E-state index in [1.165, 1.54) is 32.2 Å². The number of fused-ring (bicyclic) bond motifs is 1. The van der Waals surface area contributed by atoms with Crippen molar-refractivity contribution < 1.29 is 0 Å². The van der Waals surface area contributed by atoms with Gasteiger partial charge >= 0.3 is 0 Å². The highest BCUT2D eigenvalue weighted by molar-refractivity contribution is 7.95. The number of hydrogen-bond donors (Lipinski definition) is 0. The lowest BCUT2D eigenvalue weighted by Gasteiger charge is -2.28. The van der Waals surface area contributed by atoms with Gasteiger partial charge in [0.05, 0.1) is 6.16 Å².